The first-order valence-electron chi connectivity index (χ1n) is 10.8. The Kier molecular flexibility index (Phi) is 8.06. The second-order valence-electron chi connectivity index (χ2n) is 8.25. The molecule has 2 fully saturated rings. The first kappa shape index (κ1) is 21.8. The minimum Gasteiger partial charge on any atom is -0.374 e. The molecule has 1 aromatic heterocycles. The number of aromatic nitrogens is 1. The Bertz CT molecular complexity index is 670. The van der Waals surface area contributed by atoms with Crippen LogP contribution in [0.15, 0.2) is 23.3 Å². The molecule has 2 atom stereocenters. The van der Waals surface area contributed by atoms with Crippen LogP contribution in [0, 0.1) is 11.7 Å². The lowest BCUT2D eigenvalue weighted by molar-refractivity contribution is -0.0262. The first-order valence-corrected chi connectivity index (χ1v) is 10.8. The Labute approximate surface area is 173 Å². The van der Waals surface area contributed by atoms with E-state index in [0.29, 0.717) is 24.8 Å². The summed E-state index contributed by atoms with van der Waals surface area (Å²) >= 11 is 0. The van der Waals surface area contributed by atoms with Gasteiger partial charge in [0.2, 0.25) is 0 Å². The number of halogens is 1. The van der Waals surface area contributed by atoms with E-state index in [1.54, 1.807) is 12.3 Å². The van der Waals surface area contributed by atoms with Crippen molar-refractivity contribution in [2.45, 2.75) is 39.3 Å². The maximum atomic E-state index is 14.0. The van der Waals surface area contributed by atoms with Gasteiger partial charge in [-0.05, 0) is 31.4 Å². The number of rotatable bonds is 7. The highest BCUT2D eigenvalue weighted by Gasteiger charge is 2.26. The summed E-state index contributed by atoms with van der Waals surface area (Å²) in [7, 11) is 0. The molecule has 1 aromatic rings. The van der Waals surface area contributed by atoms with Gasteiger partial charge in [-0.25, -0.2) is 9.37 Å². The fourth-order valence-corrected chi connectivity index (χ4v) is 3.96. The van der Waals surface area contributed by atoms with Crippen LogP contribution in [0.5, 0.6) is 0 Å². The van der Waals surface area contributed by atoms with E-state index in [2.05, 4.69) is 41.3 Å². The average molecular weight is 407 g/mol. The molecule has 0 radical (unpaired) electrons. The van der Waals surface area contributed by atoms with E-state index < -0.39 is 0 Å². The third-order valence-corrected chi connectivity index (χ3v) is 5.21. The predicted octanol–water partition coefficient (Wildman–Crippen LogP) is 1.71. The molecule has 0 amide bonds. The highest BCUT2D eigenvalue weighted by molar-refractivity contribution is 5.80. The molecule has 0 aromatic carbocycles. The summed E-state index contributed by atoms with van der Waals surface area (Å²) in [6, 6.07) is 3.29. The predicted molar refractivity (Wildman–Crippen MR) is 115 cm³/mol. The van der Waals surface area contributed by atoms with Crippen LogP contribution in [0.3, 0.4) is 0 Å². The van der Waals surface area contributed by atoms with E-state index in [0.717, 1.165) is 51.7 Å². The van der Waals surface area contributed by atoms with Gasteiger partial charge in [-0.1, -0.05) is 13.8 Å². The zero-order valence-electron chi connectivity index (χ0n) is 17.9. The summed E-state index contributed by atoms with van der Waals surface area (Å²) in [4.78, 5) is 13.4. The third-order valence-electron chi connectivity index (χ3n) is 5.21. The van der Waals surface area contributed by atoms with Crippen molar-refractivity contribution in [1.82, 2.24) is 20.5 Å². The van der Waals surface area contributed by atoms with E-state index in [1.807, 2.05) is 4.90 Å². The smallest absolute Gasteiger partial charge is 0.191 e. The fraction of sp³-hybridized carbons (Fsp3) is 0.714. The Balaban J connectivity index is 1.52. The number of hydrogen-bond acceptors (Lipinski definition) is 5. The minimum absolute atomic E-state index is 0.126. The summed E-state index contributed by atoms with van der Waals surface area (Å²) in [6.45, 7) is 13.3. The normalized spacial score (nSPS) is 23.6. The summed E-state index contributed by atoms with van der Waals surface area (Å²) in [5, 5.41) is 6.82. The number of pyridine rings is 1. The van der Waals surface area contributed by atoms with E-state index >= 15 is 0 Å². The first-order chi connectivity index (χ1) is 14.0. The molecular weight excluding hydrogens is 371 g/mol. The number of morpholine rings is 1. The van der Waals surface area contributed by atoms with Crippen molar-refractivity contribution < 1.29 is 9.13 Å². The SMILES string of the molecule is CCNC(=NCC1CN(CC(C)C)CCO1)NC1CCN(c2ncccc2F)C1. The van der Waals surface area contributed by atoms with Crippen LogP contribution in [0.2, 0.25) is 0 Å². The molecule has 162 valence electrons. The number of guanidine groups is 1. The Morgan fingerprint density at radius 3 is 3.00 bits per heavy atom. The molecule has 0 saturated carbocycles. The molecule has 3 rings (SSSR count). The fourth-order valence-electron chi connectivity index (χ4n) is 3.96. The number of aliphatic imine (C=N–C) groups is 1. The summed E-state index contributed by atoms with van der Waals surface area (Å²) in [6.07, 6.45) is 2.68. The molecular formula is C21H35FN6O. The van der Waals surface area contributed by atoms with Crippen LogP contribution in [0.1, 0.15) is 27.2 Å². The van der Waals surface area contributed by atoms with Gasteiger partial charge in [0, 0.05) is 51.5 Å². The Morgan fingerprint density at radius 2 is 2.24 bits per heavy atom. The van der Waals surface area contributed by atoms with Crippen LogP contribution < -0.4 is 15.5 Å². The third kappa shape index (κ3) is 6.54. The molecule has 2 aliphatic heterocycles. The van der Waals surface area contributed by atoms with E-state index in [1.165, 1.54) is 6.07 Å². The molecule has 7 nitrogen and oxygen atoms in total. The maximum Gasteiger partial charge on any atom is 0.191 e. The van der Waals surface area contributed by atoms with Crippen molar-refractivity contribution in [1.29, 1.82) is 0 Å². The molecule has 2 unspecified atom stereocenters. The van der Waals surface area contributed by atoms with Gasteiger partial charge in [0.25, 0.3) is 0 Å². The lowest BCUT2D eigenvalue weighted by Crippen LogP contribution is -2.47. The van der Waals surface area contributed by atoms with E-state index in [9.17, 15) is 4.39 Å². The van der Waals surface area contributed by atoms with Gasteiger partial charge in [0.1, 0.15) is 0 Å². The second kappa shape index (κ2) is 10.7. The zero-order valence-corrected chi connectivity index (χ0v) is 17.9. The van der Waals surface area contributed by atoms with Crippen LogP contribution in [-0.2, 0) is 4.74 Å². The van der Waals surface area contributed by atoms with Gasteiger partial charge in [-0.2, -0.15) is 0 Å². The largest absolute Gasteiger partial charge is 0.374 e. The highest BCUT2D eigenvalue weighted by atomic mass is 19.1. The molecule has 0 aliphatic carbocycles. The van der Waals surface area contributed by atoms with Crippen LogP contribution in [-0.4, -0.2) is 80.4 Å². The van der Waals surface area contributed by atoms with Crippen molar-refractivity contribution in [3.8, 4) is 0 Å². The summed E-state index contributed by atoms with van der Waals surface area (Å²) < 4.78 is 19.9. The van der Waals surface area contributed by atoms with Gasteiger partial charge >= 0.3 is 0 Å². The van der Waals surface area contributed by atoms with Gasteiger partial charge < -0.3 is 20.3 Å². The van der Waals surface area contributed by atoms with Crippen molar-refractivity contribution >= 4 is 11.8 Å². The quantitative estimate of drug-likeness (QED) is 0.531. The second-order valence-corrected chi connectivity index (χ2v) is 8.25. The van der Waals surface area contributed by atoms with Crippen LogP contribution in [0.4, 0.5) is 10.2 Å². The molecule has 0 bridgehead atoms. The van der Waals surface area contributed by atoms with Gasteiger partial charge in [-0.3, -0.25) is 9.89 Å². The minimum atomic E-state index is -0.269. The number of nitrogens with zero attached hydrogens (tertiary/aromatic N) is 4. The van der Waals surface area contributed by atoms with Gasteiger partial charge in [0.15, 0.2) is 17.6 Å². The van der Waals surface area contributed by atoms with Crippen LogP contribution in [0.25, 0.3) is 0 Å². The molecule has 2 N–H and O–H groups in total. The number of ether oxygens (including phenoxy) is 1. The Morgan fingerprint density at radius 1 is 1.38 bits per heavy atom. The standard InChI is InChI=1S/C21H35FN6O/c1-4-23-21(25-12-18-15-27(10-11-29-18)13-16(2)3)26-17-7-9-28(14-17)20-19(22)6-5-8-24-20/h5-6,8,16-18H,4,7,9-15H2,1-3H3,(H2,23,25,26). The molecule has 0 spiro atoms. The maximum absolute atomic E-state index is 14.0. The topological polar surface area (TPSA) is 65.0 Å². The zero-order chi connectivity index (χ0) is 20.6. The molecule has 29 heavy (non-hydrogen) atoms. The Hall–Kier alpha value is -1.93. The highest BCUT2D eigenvalue weighted by Crippen LogP contribution is 2.20. The van der Waals surface area contributed by atoms with Crippen molar-refractivity contribution in [2.24, 2.45) is 10.9 Å². The summed E-state index contributed by atoms with van der Waals surface area (Å²) in [5.74, 6) is 1.62. The number of hydrogen-bond donors (Lipinski definition) is 2. The lowest BCUT2D eigenvalue weighted by Gasteiger charge is -2.33. The number of nitrogens with one attached hydrogen (secondary N) is 2. The summed E-state index contributed by atoms with van der Waals surface area (Å²) in [5.41, 5.74) is 0. The molecule has 2 aliphatic rings. The number of anilines is 1. The van der Waals surface area contributed by atoms with Crippen molar-refractivity contribution in [3.05, 3.63) is 24.1 Å². The molecule has 3 heterocycles. The lowest BCUT2D eigenvalue weighted by atomic mass is 10.2. The molecule has 8 heteroatoms. The monoisotopic (exact) mass is 406 g/mol. The van der Waals surface area contributed by atoms with Crippen molar-refractivity contribution in [2.75, 3.05) is 57.3 Å². The van der Waals surface area contributed by atoms with Crippen LogP contribution >= 0.6 is 0 Å². The average Bonchev–Trinajstić information content (AvgIpc) is 3.15. The van der Waals surface area contributed by atoms with E-state index in [-0.39, 0.29) is 18.0 Å². The van der Waals surface area contributed by atoms with Gasteiger partial charge in [0.05, 0.1) is 19.3 Å². The molecule has 2 saturated heterocycles. The van der Waals surface area contributed by atoms with Gasteiger partial charge in [-0.15, -0.1) is 0 Å². The van der Waals surface area contributed by atoms with E-state index in [4.69, 9.17) is 9.73 Å². The van der Waals surface area contributed by atoms with Crippen molar-refractivity contribution in [3.63, 3.8) is 0 Å².